The molecule has 0 aromatic heterocycles. The molecule has 0 fully saturated rings. The first-order chi connectivity index (χ1) is 16.9. The Labute approximate surface area is 216 Å². The topological polar surface area (TPSA) is 78.8 Å². The van der Waals surface area contributed by atoms with Crippen LogP contribution in [0.3, 0.4) is 0 Å². The van der Waals surface area contributed by atoms with Crippen LogP contribution < -0.4 is 5.32 Å². The summed E-state index contributed by atoms with van der Waals surface area (Å²) < 4.78 is 19.7. The summed E-state index contributed by atoms with van der Waals surface area (Å²) in [5, 5.41) is 23.5. The molecule has 192 valence electrons. The van der Waals surface area contributed by atoms with Crippen LogP contribution in [0.5, 0.6) is 0 Å². The quantitative estimate of drug-likeness (QED) is 0.284. The van der Waals surface area contributed by atoms with E-state index in [0.29, 0.717) is 23.6 Å². The highest BCUT2D eigenvalue weighted by Gasteiger charge is 2.21. The number of carboxylic acid groups (broad SMARTS) is 1. The number of aryl methyl sites for hydroxylation is 1. The number of β-amino-alcohol motifs (C(OH)–C–C–N with tert-alkyl or cyclic N) is 1. The number of nitrogens with one attached hydrogen (secondary N) is 1. The van der Waals surface area contributed by atoms with Gasteiger partial charge in [0.25, 0.3) is 0 Å². The molecule has 0 heterocycles. The number of benzene rings is 3. The number of aromatic carboxylic acids is 1. The Morgan fingerprint density at radius 3 is 2.53 bits per heavy atom. The fourth-order valence-corrected chi connectivity index (χ4v) is 4.51. The molecule has 3 N–H and O–H groups in total. The lowest BCUT2D eigenvalue weighted by atomic mass is 9.94. The molecule has 0 saturated carbocycles. The molecular formula is C29H33ClFNO4. The molecule has 1 unspecified atom stereocenters. The van der Waals surface area contributed by atoms with Crippen LogP contribution in [0.2, 0.25) is 5.02 Å². The van der Waals surface area contributed by atoms with Crippen molar-refractivity contribution < 1.29 is 24.1 Å². The third-order valence-corrected chi connectivity index (χ3v) is 6.31. The number of hydrogen-bond donors (Lipinski definition) is 3. The highest BCUT2D eigenvalue weighted by molar-refractivity contribution is 6.30. The van der Waals surface area contributed by atoms with Crippen molar-refractivity contribution in [3.05, 3.63) is 93.8 Å². The van der Waals surface area contributed by atoms with Gasteiger partial charge in [0.2, 0.25) is 0 Å². The second-order valence-corrected chi connectivity index (χ2v) is 10.2. The van der Waals surface area contributed by atoms with Gasteiger partial charge in [0.05, 0.1) is 24.4 Å². The van der Waals surface area contributed by atoms with Crippen LogP contribution in [0.4, 0.5) is 4.39 Å². The zero-order valence-electron chi connectivity index (χ0n) is 21.0. The number of carboxylic acids is 1. The van der Waals surface area contributed by atoms with Gasteiger partial charge in [0.1, 0.15) is 5.82 Å². The minimum Gasteiger partial charge on any atom is -0.478 e. The molecule has 36 heavy (non-hydrogen) atoms. The van der Waals surface area contributed by atoms with Crippen LogP contribution in [-0.2, 0) is 11.2 Å². The number of carbonyl (C=O) groups is 1. The Balaban J connectivity index is 1.59. The van der Waals surface area contributed by atoms with Crippen molar-refractivity contribution in [2.75, 3.05) is 13.2 Å². The zero-order chi connectivity index (χ0) is 26.5. The number of rotatable bonds is 11. The van der Waals surface area contributed by atoms with E-state index in [1.165, 1.54) is 12.1 Å². The molecule has 3 rings (SSSR count). The lowest BCUT2D eigenvalue weighted by Crippen LogP contribution is -2.46. The van der Waals surface area contributed by atoms with Crippen molar-refractivity contribution in [1.82, 2.24) is 5.32 Å². The van der Waals surface area contributed by atoms with Gasteiger partial charge in [0, 0.05) is 17.1 Å². The van der Waals surface area contributed by atoms with Crippen molar-refractivity contribution in [2.24, 2.45) is 0 Å². The number of ether oxygens (including phenoxy) is 1. The van der Waals surface area contributed by atoms with Crippen molar-refractivity contribution in [1.29, 1.82) is 0 Å². The highest BCUT2D eigenvalue weighted by Crippen LogP contribution is 2.31. The van der Waals surface area contributed by atoms with Gasteiger partial charge in [-0.05, 0) is 86.2 Å². The third kappa shape index (κ3) is 7.61. The summed E-state index contributed by atoms with van der Waals surface area (Å²) in [4.78, 5) is 11.4. The molecule has 3 aromatic carbocycles. The van der Waals surface area contributed by atoms with E-state index in [9.17, 15) is 19.4 Å². The van der Waals surface area contributed by atoms with Gasteiger partial charge in [-0.1, -0.05) is 48.0 Å². The second kappa shape index (κ2) is 12.0. The fraction of sp³-hybridized carbons (Fsp3) is 0.345. The van der Waals surface area contributed by atoms with E-state index < -0.39 is 17.6 Å². The first-order valence-corrected chi connectivity index (χ1v) is 12.3. The Bertz CT molecular complexity index is 1190. The summed E-state index contributed by atoms with van der Waals surface area (Å²) in [6.45, 7) is 8.10. The molecule has 0 spiro atoms. The summed E-state index contributed by atoms with van der Waals surface area (Å²) in [5.74, 6) is -1.32. The van der Waals surface area contributed by atoms with Gasteiger partial charge in [0.15, 0.2) is 0 Å². The molecule has 2 atom stereocenters. The molecule has 5 nitrogen and oxygen atoms in total. The van der Waals surface area contributed by atoms with E-state index in [0.717, 1.165) is 22.3 Å². The summed E-state index contributed by atoms with van der Waals surface area (Å²) in [6, 6.07) is 17.6. The smallest absolute Gasteiger partial charge is 0.335 e. The Morgan fingerprint density at radius 1 is 1.14 bits per heavy atom. The average Bonchev–Trinajstić information content (AvgIpc) is 2.80. The molecule has 0 bridgehead atoms. The second-order valence-electron chi connectivity index (χ2n) is 9.77. The van der Waals surface area contributed by atoms with E-state index in [-0.39, 0.29) is 24.1 Å². The zero-order valence-corrected chi connectivity index (χ0v) is 21.8. The van der Waals surface area contributed by atoms with Gasteiger partial charge >= 0.3 is 5.97 Å². The number of aliphatic hydroxyl groups excluding tert-OH is 1. The molecule has 0 aliphatic rings. The fourth-order valence-electron chi connectivity index (χ4n) is 4.27. The van der Waals surface area contributed by atoms with E-state index >= 15 is 0 Å². The number of hydrogen-bond acceptors (Lipinski definition) is 4. The minimum atomic E-state index is -0.949. The van der Waals surface area contributed by atoms with E-state index in [1.54, 1.807) is 25.1 Å². The predicted molar refractivity (Wildman–Crippen MR) is 141 cm³/mol. The van der Waals surface area contributed by atoms with Crippen LogP contribution in [0.25, 0.3) is 11.1 Å². The van der Waals surface area contributed by atoms with Gasteiger partial charge < -0.3 is 20.3 Å². The standard InChI is InChI=1S/C29H33ClFNO4/c1-18-11-21(9-10-25(18)28(34)35)27-8-6-5-7-26(27)19(2)36-17-24(33)16-32-29(3,4)15-20-12-22(30)14-23(31)13-20/h5-14,19,24,32-33H,15-17H2,1-4H3,(H,34,35)/t19?,24-/m0/s1. The molecule has 0 aliphatic carbocycles. The Morgan fingerprint density at radius 2 is 1.86 bits per heavy atom. The van der Waals surface area contributed by atoms with E-state index in [2.05, 4.69) is 5.32 Å². The van der Waals surface area contributed by atoms with Crippen LogP contribution in [0.15, 0.2) is 60.7 Å². The summed E-state index contributed by atoms with van der Waals surface area (Å²) in [6.07, 6.45) is -0.494. The average molecular weight is 514 g/mol. The largest absolute Gasteiger partial charge is 0.478 e. The van der Waals surface area contributed by atoms with Crippen molar-refractivity contribution >= 4 is 17.6 Å². The number of aliphatic hydroxyl groups is 1. The molecular weight excluding hydrogens is 481 g/mol. The normalized spacial score (nSPS) is 13.4. The number of halogens is 2. The Kier molecular flexibility index (Phi) is 9.25. The first kappa shape index (κ1) is 27.8. The summed E-state index contributed by atoms with van der Waals surface area (Å²) in [5.41, 5.74) is 4.16. The van der Waals surface area contributed by atoms with Crippen LogP contribution >= 0.6 is 11.6 Å². The molecule has 3 aromatic rings. The first-order valence-electron chi connectivity index (χ1n) is 11.9. The van der Waals surface area contributed by atoms with Crippen molar-refractivity contribution in [3.63, 3.8) is 0 Å². The van der Waals surface area contributed by atoms with Crippen LogP contribution in [0.1, 0.15) is 53.9 Å². The van der Waals surface area contributed by atoms with Crippen molar-refractivity contribution in [3.8, 4) is 11.1 Å². The van der Waals surface area contributed by atoms with E-state index in [1.807, 2.05) is 51.1 Å². The molecule has 0 radical (unpaired) electrons. The van der Waals surface area contributed by atoms with Crippen molar-refractivity contribution in [2.45, 2.75) is 51.9 Å². The third-order valence-electron chi connectivity index (χ3n) is 6.09. The summed E-state index contributed by atoms with van der Waals surface area (Å²) in [7, 11) is 0. The molecule has 0 amide bonds. The molecule has 7 heteroatoms. The van der Waals surface area contributed by atoms with E-state index in [4.69, 9.17) is 16.3 Å². The lowest BCUT2D eigenvalue weighted by molar-refractivity contribution is -0.00397. The maximum Gasteiger partial charge on any atom is 0.335 e. The summed E-state index contributed by atoms with van der Waals surface area (Å²) >= 11 is 5.96. The highest BCUT2D eigenvalue weighted by atomic mass is 35.5. The maximum absolute atomic E-state index is 13.7. The van der Waals surface area contributed by atoms with Crippen LogP contribution in [-0.4, -0.2) is 41.0 Å². The predicted octanol–water partition coefficient (Wildman–Crippen LogP) is 6.20. The lowest BCUT2D eigenvalue weighted by Gasteiger charge is -2.28. The minimum absolute atomic E-state index is 0.126. The maximum atomic E-state index is 13.7. The van der Waals surface area contributed by atoms with Gasteiger partial charge in [-0.2, -0.15) is 0 Å². The molecule has 0 saturated heterocycles. The SMILES string of the molecule is Cc1cc(-c2ccccc2C(C)OC[C@@H](O)CNC(C)(C)Cc2cc(F)cc(Cl)c2)ccc1C(=O)O. The van der Waals surface area contributed by atoms with Gasteiger partial charge in [-0.3, -0.25) is 0 Å². The Hall–Kier alpha value is -2.77. The molecule has 0 aliphatic heterocycles. The monoisotopic (exact) mass is 513 g/mol. The van der Waals surface area contributed by atoms with Crippen LogP contribution in [0, 0.1) is 12.7 Å². The van der Waals surface area contributed by atoms with Gasteiger partial charge in [-0.15, -0.1) is 0 Å². The van der Waals surface area contributed by atoms with Gasteiger partial charge in [-0.25, -0.2) is 9.18 Å².